The minimum absolute atomic E-state index is 0.0481. The number of benzene rings is 1. The Labute approximate surface area is 251 Å². The zero-order chi connectivity index (χ0) is 29.0. The smallest absolute Gasteiger partial charge is 0.319 e. The first-order valence-electron chi connectivity index (χ1n) is 14.8. The van der Waals surface area contributed by atoms with Gasteiger partial charge in [-0.15, -0.1) is 0 Å². The molecule has 0 radical (unpaired) electrons. The van der Waals surface area contributed by atoms with E-state index < -0.39 is 12.0 Å². The number of amides is 1. The topological polar surface area (TPSA) is 82.9 Å². The molecule has 1 amide bonds. The number of hydrogen-bond acceptors (Lipinski definition) is 8. The summed E-state index contributed by atoms with van der Waals surface area (Å²) in [4.78, 5) is 30.9. The number of aryl methyl sites for hydroxylation is 1. The van der Waals surface area contributed by atoms with Gasteiger partial charge in [-0.25, -0.2) is 8.78 Å². The first-order valence-corrected chi connectivity index (χ1v) is 15.6. The van der Waals surface area contributed by atoms with Gasteiger partial charge < -0.3 is 19.4 Å². The molecular formula is C29H35BrF2N8O2. The Morgan fingerprint density at radius 1 is 1.12 bits per heavy atom. The molecule has 0 N–H and O–H groups in total. The number of halogens is 3. The molecule has 0 saturated carbocycles. The molecular weight excluding hydrogens is 610 g/mol. The molecule has 0 aliphatic carbocycles. The SMILES string of the molecule is CN1CCN(C(=O)c2cc3n(n2)CCCN(c2nc(OC[C@@]45CCCN4C[C@H](F)C5)nc4c(F)c(Br)ccc24)C3)CC1. The second-order valence-corrected chi connectivity index (χ2v) is 12.9. The lowest BCUT2D eigenvalue weighted by Gasteiger charge is -2.31. The van der Waals surface area contributed by atoms with E-state index >= 15 is 4.39 Å². The second-order valence-electron chi connectivity index (χ2n) is 12.1. The van der Waals surface area contributed by atoms with Crippen LogP contribution < -0.4 is 9.64 Å². The Bertz CT molecular complexity index is 1510. The number of carbonyl (C=O) groups excluding carboxylic acids is 1. The molecule has 224 valence electrons. The van der Waals surface area contributed by atoms with E-state index in [1.54, 1.807) is 6.07 Å². The van der Waals surface area contributed by atoms with Crippen LogP contribution in [0.25, 0.3) is 10.9 Å². The van der Waals surface area contributed by atoms with Gasteiger partial charge in [-0.3, -0.25) is 14.4 Å². The zero-order valence-electron chi connectivity index (χ0n) is 23.7. The van der Waals surface area contributed by atoms with Gasteiger partial charge in [0.2, 0.25) is 0 Å². The Balaban J connectivity index is 1.18. The highest BCUT2D eigenvalue weighted by Crippen LogP contribution is 2.41. The summed E-state index contributed by atoms with van der Waals surface area (Å²) in [5, 5.41) is 5.25. The van der Waals surface area contributed by atoms with E-state index in [4.69, 9.17) is 9.72 Å². The molecule has 4 aliphatic rings. The number of likely N-dealkylation sites (N-methyl/N-ethyl adjacent to an activating group) is 1. The lowest BCUT2D eigenvalue weighted by atomic mass is 9.95. The molecule has 0 spiro atoms. The first-order chi connectivity index (χ1) is 20.3. The molecule has 13 heteroatoms. The fourth-order valence-electron chi connectivity index (χ4n) is 6.97. The van der Waals surface area contributed by atoms with E-state index in [-0.39, 0.29) is 29.6 Å². The van der Waals surface area contributed by atoms with Crippen LogP contribution in [-0.2, 0) is 13.1 Å². The highest BCUT2D eigenvalue weighted by atomic mass is 79.9. The maximum atomic E-state index is 15.4. The van der Waals surface area contributed by atoms with Gasteiger partial charge in [0.15, 0.2) is 11.5 Å². The Kier molecular flexibility index (Phi) is 7.30. The Hall–Kier alpha value is -2.90. The van der Waals surface area contributed by atoms with Crippen molar-refractivity contribution in [1.82, 2.24) is 34.4 Å². The van der Waals surface area contributed by atoms with Crippen LogP contribution in [0, 0.1) is 5.82 Å². The average molecular weight is 646 g/mol. The maximum Gasteiger partial charge on any atom is 0.319 e. The van der Waals surface area contributed by atoms with Crippen molar-refractivity contribution in [3.05, 3.63) is 39.9 Å². The van der Waals surface area contributed by atoms with Crippen LogP contribution in [0.2, 0.25) is 0 Å². The van der Waals surface area contributed by atoms with Gasteiger partial charge in [0, 0.05) is 57.6 Å². The van der Waals surface area contributed by atoms with Crippen molar-refractivity contribution in [2.24, 2.45) is 0 Å². The molecule has 2 aromatic heterocycles. The maximum absolute atomic E-state index is 15.4. The summed E-state index contributed by atoms with van der Waals surface area (Å²) >= 11 is 3.29. The number of carbonyl (C=O) groups is 1. The number of alkyl halides is 1. The van der Waals surface area contributed by atoms with Crippen LogP contribution in [0.3, 0.4) is 0 Å². The summed E-state index contributed by atoms with van der Waals surface area (Å²) in [6, 6.07) is 5.43. The molecule has 6 heterocycles. The number of hydrogen-bond donors (Lipinski definition) is 0. The van der Waals surface area contributed by atoms with Crippen LogP contribution in [-0.4, -0.2) is 112 Å². The van der Waals surface area contributed by atoms with Crippen LogP contribution >= 0.6 is 15.9 Å². The van der Waals surface area contributed by atoms with Gasteiger partial charge >= 0.3 is 6.01 Å². The van der Waals surface area contributed by atoms with E-state index in [1.807, 2.05) is 21.7 Å². The third-order valence-corrected chi connectivity index (χ3v) is 9.89. The summed E-state index contributed by atoms with van der Waals surface area (Å²) in [6.45, 7) is 6.39. The summed E-state index contributed by atoms with van der Waals surface area (Å²) in [5.74, 6) is 0.0397. The molecule has 3 fully saturated rings. The number of piperazine rings is 1. The third kappa shape index (κ3) is 5.02. The molecule has 7 rings (SSSR count). The average Bonchev–Trinajstić information content (AvgIpc) is 3.61. The number of ether oxygens (including phenoxy) is 1. The standard InChI is InChI=1S/C29H35BrF2N8O2/c1-36-10-12-37(13-11-36)27(41)23-14-20-17-38(7-3-9-40(20)35-23)26-21-4-5-22(30)24(32)25(21)33-28(34-26)42-18-29-6-2-8-39(29)16-19(31)15-29/h4-5,14,19H,2-3,6-13,15-18H2,1H3/t19-,29+/m1/s1. The molecule has 2 atom stereocenters. The number of fused-ring (bicyclic) bond motifs is 3. The number of rotatable bonds is 5. The minimum atomic E-state index is -0.870. The molecule has 1 aromatic carbocycles. The van der Waals surface area contributed by atoms with E-state index in [1.165, 1.54) is 0 Å². The number of nitrogens with zero attached hydrogens (tertiary/aromatic N) is 8. The van der Waals surface area contributed by atoms with Crippen molar-refractivity contribution in [1.29, 1.82) is 0 Å². The van der Waals surface area contributed by atoms with Crippen LogP contribution in [0.5, 0.6) is 6.01 Å². The molecule has 10 nitrogen and oxygen atoms in total. The highest BCUT2D eigenvalue weighted by Gasteiger charge is 2.49. The van der Waals surface area contributed by atoms with Crippen LogP contribution in [0.4, 0.5) is 14.6 Å². The van der Waals surface area contributed by atoms with Gasteiger partial charge in [0.1, 0.15) is 24.1 Å². The minimum Gasteiger partial charge on any atom is -0.461 e. The number of aromatic nitrogens is 4. The zero-order valence-corrected chi connectivity index (χ0v) is 25.3. The van der Waals surface area contributed by atoms with Crippen molar-refractivity contribution in [3.8, 4) is 6.01 Å². The molecule has 0 bridgehead atoms. The van der Waals surface area contributed by atoms with Gasteiger partial charge in [-0.2, -0.15) is 15.1 Å². The molecule has 4 aliphatic heterocycles. The van der Waals surface area contributed by atoms with Crippen molar-refractivity contribution in [3.63, 3.8) is 0 Å². The van der Waals surface area contributed by atoms with Crippen molar-refractivity contribution in [2.75, 3.05) is 64.4 Å². The van der Waals surface area contributed by atoms with Crippen LogP contribution in [0.15, 0.2) is 22.7 Å². The van der Waals surface area contributed by atoms with Crippen molar-refractivity contribution in [2.45, 2.75) is 50.5 Å². The quantitative estimate of drug-likeness (QED) is 0.418. The summed E-state index contributed by atoms with van der Waals surface area (Å²) < 4.78 is 38.1. The van der Waals surface area contributed by atoms with Crippen LogP contribution in [0.1, 0.15) is 41.9 Å². The van der Waals surface area contributed by atoms with E-state index in [9.17, 15) is 9.18 Å². The van der Waals surface area contributed by atoms with Gasteiger partial charge in [-0.05, 0) is 67.0 Å². The lowest BCUT2D eigenvalue weighted by Crippen LogP contribution is -2.47. The molecule has 3 aromatic rings. The predicted molar refractivity (Wildman–Crippen MR) is 157 cm³/mol. The number of anilines is 1. The van der Waals surface area contributed by atoms with E-state index in [2.05, 4.69) is 47.8 Å². The first kappa shape index (κ1) is 27.9. The third-order valence-electron chi connectivity index (χ3n) is 9.27. The second kappa shape index (κ2) is 11.0. The Morgan fingerprint density at radius 2 is 1.95 bits per heavy atom. The largest absolute Gasteiger partial charge is 0.461 e. The van der Waals surface area contributed by atoms with E-state index in [0.29, 0.717) is 67.1 Å². The molecule has 3 saturated heterocycles. The van der Waals surface area contributed by atoms with Gasteiger partial charge in [-0.1, -0.05) is 0 Å². The van der Waals surface area contributed by atoms with E-state index in [0.717, 1.165) is 44.6 Å². The lowest BCUT2D eigenvalue weighted by molar-refractivity contribution is 0.0657. The predicted octanol–water partition coefficient (Wildman–Crippen LogP) is 3.48. The fraction of sp³-hybridized carbons (Fsp3) is 0.586. The Morgan fingerprint density at radius 3 is 2.79 bits per heavy atom. The normalized spacial score (nSPS) is 25.1. The highest BCUT2D eigenvalue weighted by molar-refractivity contribution is 9.10. The van der Waals surface area contributed by atoms with Gasteiger partial charge in [0.25, 0.3) is 5.91 Å². The van der Waals surface area contributed by atoms with Crippen molar-refractivity contribution < 1.29 is 18.3 Å². The summed E-state index contributed by atoms with van der Waals surface area (Å²) in [7, 11) is 2.06. The van der Waals surface area contributed by atoms with Crippen molar-refractivity contribution >= 4 is 38.6 Å². The summed E-state index contributed by atoms with van der Waals surface area (Å²) in [5.41, 5.74) is 1.15. The fourth-order valence-corrected chi connectivity index (χ4v) is 7.29. The summed E-state index contributed by atoms with van der Waals surface area (Å²) in [6.07, 6.45) is 2.19. The van der Waals surface area contributed by atoms with Gasteiger partial charge in [0.05, 0.1) is 22.3 Å². The molecule has 0 unspecified atom stereocenters. The monoisotopic (exact) mass is 644 g/mol. The molecule has 42 heavy (non-hydrogen) atoms.